The predicted molar refractivity (Wildman–Crippen MR) is 64.2 cm³/mol. The van der Waals surface area contributed by atoms with Crippen LogP contribution in [0.5, 0.6) is 0 Å². The Morgan fingerprint density at radius 3 is 2.67 bits per heavy atom. The second kappa shape index (κ2) is 5.56. The van der Waals surface area contributed by atoms with Crippen LogP contribution in [0.3, 0.4) is 0 Å². The Morgan fingerprint density at radius 2 is 2.17 bits per heavy atom. The fourth-order valence-corrected chi connectivity index (χ4v) is 2.37. The van der Waals surface area contributed by atoms with E-state index >= 15 is 0 Å². The van der Waals surface area contributed by atoms with E-state index in [9.17, 15) is 9.59 Å². The number of hydrogen-bond donors (Lipinski definition) is 2. The maximum absolute atomic E-state index is 12.0. The molecule has 2 N–H and O–H groups in total. The van der Waals surface area contributed by atoms with Crippen LogP contribution in [0.1, 0.15) is 19.3 Å². The lowest BCUT2D eigenvalue weighted by Crippen LogP contribution is -2.46. The first-order valence-corrected chi connectivity index (χ1v) is 6.39. The molecule has 0 aromatic carbocycles. The number of nitrogens with zero attached hydrogens (tertiary/aromatic N) is 1. The smallest absolute Gasteiger partial charge is 0.317 e. The van der Waals surface area contributed by atoms with Crippen molar-refractivity contribution >= 4 is 12.0 Å². The number of likely N-dealkylation sites (tertiary alicyclic amines) is 1. The Bertz CT molecular complexity index is 330. The minimum atomic E-state index is -0.819. The molecule has 6 nitrogen and oxygen atoms in total. The van der Waals surface area contributed by atoms with Gasteiger partial charge in [0, 0.05) is 20.2 Å². The van der Waals surface area contributed by atoms with E-state index in [1.165, 1.54) is 0 Å². The van der Waals surface area contributed by atoms with Crippen LogP contribution in [-0.2, 0) is 9.53 Å². The Kier molecular flexibility index (Phi) is 4.06. The molecule has 1 saturated carbocycles. The van der Waals surface area contributed by atoms with Crippen LogP contribution in [-0.4, -0.2) is 54.9 Å². The summed E-state index contributed by atoms with van der Waals surface area (Å²) < 4.78 is 5.10. The Balaban J connectivity index is 1.82. The Morgan fingerprint density at radius 1 is 1.44 bits per heavy atom. The molecule has 0 aromatic heterocycles. The van der Waals surface area contributed by atoms with E-state index in [-0.39, 0.29) is 12.1 Å². The van der Waals surface area contributed by atoms with Crippen molar-refractivity contribution in [2.45, 2.75) is 25.3 Å². The quantitative estimate of drug-likeness (QED) is 0.752. The van der Waals surface area contributed by atoms with Gasteiger partial charge in [0.15, 0.2) is 0 Å². The number of hydrogen-bond acceptors (Lipinski definition) is 3. The van der Waals surface area contributed by atoms with E-state index in [4.69, 9.17) is 9.84 Å². The van der Waals surface area contributed by atoms with Gasteiger partial charge in [-0.05, 0) is 25.2 Å². The molecule has 0 bridgehead atoms. The first kappa shape index (κ1) is 13.1. The second-order valence-electron chi connectivity index (χ2n) is 5.12. The lowest BCUT2D eigenvalue weighted by atomic mass is 10.1. The van der Waals surface area contributed by atoms with E-state index < -0.39 is 11.9 Å². The highest BCUT2D eigenvalue weighted by molar-refractivity contribution is 5.77. The van der Waals surface area contributed by atoms with Crippen LogP contribution in [0.2, 0.25) is 0 Å². The highest BCUT2D eigenvalue weighted by atomic mass is 16.5. The fourth-order valence-electron chi connectivity index (χ4n) is 2.37. The average Bonchev–Trinajstić information content (AvgIpc) is 3.04. The summed E-state index contributed by atoms with van der Waals surface area (Å²) in [4.78, 5) is 24.4. The first-order valence-electron chi connectivity index (χ1n) is 6.39. The molecule has 102 valence electrons. The average molecular weight is 256 g/mol. The molecule has 2 amide bonds. The van der Waals surface area contributed by atoms with E-state index in [0.717, 1.165) is 12.8 Å². The van der Waals surface area contributed by atoms with Crippen molar-refractivity contribution in [1.82, 2.24) is 10.2 Å². The molecule has 2 rings (SSSR count). The lowest BCUT2D eigenvalue weighted by Gasteiger charge is -2.22. The number of carbonyl (C=O) groups is 2. The summed E-state index contributed by atoms with van der Waals surface area (Å²) in [6.07, 6.45) is 2.80. The number of urea groups is 1. The molecule has 0 spiro atoms. The van der Waals surface area contributed by atoms with Gasteiger partial charge >= 0.3 is 12.0 Å². The molecule has 18 heavy (non-hydrogen) atoms. The van der Waals surface area contributed by atoms with Gasteiger partial charge in [0.25, 0.3) is 0 Å². The molecule has 1 heterocycles. The molecule has 0 aromatic rings. The second-order valence-corrected chi connectivity index (χ2v) is 5.12. The van der Waals surface area contributed by atoms with E-state index in [1.807, 2.05) is 0 Å². The molecule has 1 aliphatic carbocycles. The summed E-state index contributed by atoms with van der Waals surface area (Å²) in [6, 6.07) is -0.0981. The number of amides is 2. The Hall–Kier alpha value is -1.30. The number of carboxylic acid groups (broad SMARTS) is 1. The highest BCUT2D eigenvalue weighted by Gasteiger charge is 2.35. The number of carbonyl (C=O) groups excluding carboxylic acids is 1. The van der Waals surface area contributed by atoms with Gasteiger partial charge < -0.3 is 20.1 Å². The summed E-state index contributed by atoms with van der Waals surface area (Å²) in [5.41, 5.74) is 0. The van der Waals surface area contributed by atoms with Crippen molar-refractivity contribution in [3.05, 3.63) is 0 Å². The SMILES string of the molecule is COCC(NC(=O)N1CCC(C(=O)O)C1)C1CC1. The van der Waals surface area contributed by atoms with Gasteiger partial charge in [-0.15, -0.1) is 0 Å². The minimum absolute atomic E-state index is 0.0615. The zero-order chi connectivity index (χ0) is 13.1. The van der Waals surface area contributed by atoms with Crippen LogP contribution in [0.4, 0.5) is 4.79 Å². The summed E-state index contributed by atoms with van der Waals surface area (Å²) in [7, 11) is 1.62. The predicted octanol–water partition coefficient (Wildman–Crippen LogP) is 0.527. The van der Waals surface area contributed by atoms with Crippen LogP contribution < -0.4 is 5.32 Å². The number of aliphatic carboxylic acids is 1. The topological polar surface area (TPSA) is 78.9 Å². The summed E-state index contributed by atoms with van der Waals surface area (Å²) in [6.45, 7) is 1.35. The van der Waals surface area contributed by atoms with Crippen molar-refractivity contribution in [3.8, 4) is 0 Å². The number of nitrogens with one attached hydrogen (secondary N) is 1. The van der Waals surface area contributed by atoms with E-state index in [2.05, 4.69) is 5.32 Å². The van der Waals surface area contributed by atoms with Gasteiger partial charge in [0.05, 0.1) is 18.6 Å². The van der Waals surface area contributed by atoms with E-state index in [1.54, 1.807) is 12.0 Å². The molecular weight excluding hydrogens is 236 g/mol. The van der Waals surface area contributed by atoms with Crippen molar-refractivity contribution < 1.29 is 19.4 Å². The van der Waals surface area contributed by atoms with Crippen molar-refractivity contribution in [2.24, 2.45) is 11.8 Å². The number of rotatable bonds is 5. The van der Waals surface area contributed by atoms with Gasteiger partial charge in [-0.3, -0.25) is 4.79 Å². The fraction of sp³-hybridized carbons (Fsp3) is 0.833. The Labute approximate surface area is 106 Å². The normalized spacial score (nSPS) is 24.9. The monoisotopic (exact) mass is 256 g/mol. The van der Waals surface area contributed by atoms with Gasteiger partial charge in [-0.2, -0.15) is 0 Å². The van der Waals surface area contributed by atoms with Gasteiger partial charge in [0.2, 0.25) is 0 Å². The van der Waals surface area contributed by atoms with Crippen LogP contribution in [0.25, 0.3) is 0 Å². The molecule has 1 saturated heterocycles. The number of methoxy groups -OCH3 is 1. The van der Waals surface area contributed by atoms with E-state index in [0.29, 0.717) is 32.0 Å². The first-order chi connectivity index (χ1) is 8.61. The number of ether oxygens (including phenoxy) is 1. The standard InChI is InChI=1S/C12H20N2O4/c1-18-7-10(8-2-3-8)13-12(17)14-5-4-9(6-14)11(15)16/h8-10H,2-7H2,1H3,(H,13,17)(H,15,16). The third kappa shape index (κ3) is 3.13. The highest BCUT2D eigenvalue weighted by Crippen LogP contribution is 2.32. The summed E-state index contributed by atoms with van der Waals surface area (Å²) >= 11 is 0. The third-order valence-electron chi connectivity index (χ3n) is 3.67. The molecule has 2 fully saturated rings. The summed E-state index contributed by atoms with van der Waals surface area (Å²) in [5.74, 6) is -0.717. The van der Waals surface area contributed by atoms with Crippen LogP contribution in [0, 0.1) is 11.8 Å². The lowest BCUT2D eigenvalue weighted by molar-refractivity contribution is -0.141. The molecule has 2 unspecified atom stereocenters. The molecule has 0 radical (unpaired) electrons. The van der Waals surface area contributed by atoms with Crippen molar-refractivity contribution in [2.75, 3.05) is 26.8 Å². The molecule has 1 aliphatic heterocycles. The van der Waals surface area contributed by atoms with Gasteiger partial charge in [0.1, 0.15) is 0 Å². The number of carboxylic acids is 1. The minimum Gasteiger partial charge on any atom is -0.481 e. The van der Waals surface area contributed by atoms with Gasteiger partial charge in [-0.1, -0.05) is 0 Å². The van der Waals surface area contributed by atoms with Crippen LogP contribution >= 0.6 is 0 Å². The van der Waals surface area contributed by atoms with Crippen LogP contribution in [0.15, 0.2) is 0 Å². The third-order valence-corrected chi connectivity index (χ3v) is 3.67. The molecule has 6 heteroatoms. The molecular formula is C12H20N2O4. The summed E-state index contributed by atoms with van der Waals surface area (Å²) in [5, 5.41) is 11.8. The van der Waals surface area contributed by atoms with Crippen molar-refractivity contribution in [1.29, 1.82) is 0 Å². The molecule has 2 aliphatic rings. The molecule has 2 atom stereocenters. The largest absolute Gasteiger partial charge is 0.481 e. The zero-order valence-corrected chi connectivity index (χ0v) is 10.6. The van der Waals surface area contributed by atoms with Crippen molar-refractivity contribution in [3.63, 3.8) is 0 Å². The zero-order valence-electron chi connectivity index (χ0n) is 10.6. The van der Waals surface area contributed by atoms with Gasteiger partial charge in [-0.25, -0.2) is 4.79 Å². The maximum atomic E-state index is 12.0. The maximum Gasteiger partial charge on any atom is 0.317 e.